The van der Waals surface area contributed by atoms with Crippen LogP contribution in [0, 0.1) is 0 Å². The fourth-order valence-electron chi connectivity index (χ4n) is 2.56. The summed E-state index contributed by atoms with van der Waals surface area (Å²) in [5, 5.41) is 7.42. The molecule has 126 valence electrons. The van der Waals surface area contributed by atoms with Gasteiger partial charge >= 0.3 is 0 Å². The number of ether oxygens (including phenoxy) is 2. The molecule has 2 aromatic carbocycles. The highest BCUT2D eigenvalue weighted by molar-refractivity contribution is 6.32. The van der Waals surface area contributed by atoms with Gasteiger partial charge in [0.2, 0.25) is 6.79 Å². The summed E-state index contributed by atoms with van der Waals surface area (Å²) in [5.41, 5.74) is 1.75. The van der Waals surface area contributed by atoms with E-state index in [1.54, 1.807) is 18.3 Å². The van der Waals surface area contributed by atoms with E-state index < -0.39 is 0 Å². The fraction of sp³-hybridized carbons (Fsp3) is 0.111. The van der Waals surface area contributed by atoms with Crippen molar-refractivity contribution in [2.45, 2.75) is 6.54 Å². The first-order chi connectivity index (χ1) is 12.2. The Morgan fingerprint density at radius 2 is 1.92 bits per heavy atom. The van der Waals surface area contributed by atoms with Crippen molar-refractivity contribution < 1.29 is 9.47 Å². The molecular weight excluding hydrogens is 342 g/mol. The van der Waals surface area contributed by atoms with E-state index in [1.807, 2.05) is 36.4 Å². The lowest BCUT2D eigenvalue weighted by molar-refractivity contribution is 0.174. The van der Waals surface area contributed by atoms with Crippen LogP contribution in [-0.4, -0.2) is 16.6 Å². The Labute approximate surface area is 148 Å². The van der Waals surface area contributed by atoms with Crippen LogP contribution in [0.5, 0.6) is 11.5 Å². The number of halogens is 1. The van der Waals surface area contributed by atoms with Gasteiger partial charge in [-0.3, -0.25) is 4.79 Å². The van der Waals surface area contributed by atoms with Crippen LogP contribution in [-0.2, 0) is 6.54 Å². The summed E-state index contributed by atoms with van der Waals surface area (Å²) >= 11 is 6.23. The molecule has 1 aliphatic rings. The van der Waals surface area contributed by atoms with Crippen LogP contribution in [0.3, 0.4) is 0 Å². The topological polar surface area (TPSA) is 65.4 Å². The first-order valence-electron chi connectivity index (χ1n) is 7.68. The molecule has 0 radical (unpaired) electrons. The second-order valence-electron chi connectivity index (χ2n) is 5.47. The highest BCUT2D eigenvalue weighted by Crippen LogP contribution is 2.32. The molecule has 0 fully saturated rings. The standard InChI is InChI=1S/C18H14ClN3O3/c19-17-14(10-21-22(18(17)23)13-4-2-1-3-5-13)20-9-12-6-7-15-16(8-12)25-11-24-15/h1-8,10,20H,9,11H2. The van der Waals surface area contributed by atoms with Crippen LogP contribution in [0.25, 0.3) is 5.69 Å². The molecule has 1 N–H and O–H groups in total. The zero-order valence-corrected chi connectivity index (χ0v) is 13.9. The quantitative estimate of drug-likeness (QED) is 0.778. The van der Waals surface area contributed by atoms with E-state index in [0.717, 1.165) is 11.3 Å². The van der Waals surface area contributed by atoms with E-state index >= 15 is 0 Å². The second kappa shape index (κ2) is 6.49. The lowest BCUT2D eigenvalue weighted by Gasteiger charge is -2.10. The maximum absolute atomic E-state index is 12.4. The first kappa shape index (κ1) is 15.5. The molecule has 0 atom stereocenters. The number of nitrogens with one attached hydrogen (secondary N) is 1. The number of hydrogen-bond acceptors (Lipinski definition) is 5. The Morgan fingerprint density at radius 1 is 1.12 bits per heavy atom. The molecule has 0 saturated carbocycles. The zero-order chi connectivity index (χ0) is 17.2. The molecule has 1 aromatic heterocycles. The van der Waals surface area contributed by atoms with E-state index in [-0.39, 0.29) is 17.4 Å². The van der Waals surface area contributed by atoms with Crippen molar-refractivity contribution in [1.29, 1.82) is 0 Å². The Morgan fingerprint density at radius 3 is 2.76 bits per heavy atom. The van der Waals surface area contributed by atoms with Gasteiger partial charge < -0.3 is 14.8 Å². The highest BCUT2D eigenvalue weighted by Gasteiger charge is 2.14. The summed E-state index contributed by atoms with van der Waals surface area (Å²) < 4.78 is 11.9. The smallest absolute Gasteiger partial charge is 0.292 e. The minimum atomic E-state index is -0.372. The number of hydrogen-bond donors (Lipinski definition) is 1. The molecule has 3 aromatic rings. The van der Waals surface area contributed by atoms with E-state index in [2.05, 4.69) is 10.4 Å². The molecule has 7 heteroatoms. The Bertz CT molecular complexity index is 973. The molecule has 6 nitrogen and oxygen atoms in total. The van der Waals surface area contributed by atoms with E-state index in [0.29, 0.717) is 23.7 Å². The van der Waals surface area contributed by atoms with Crippen LogP contribution in [0.1, 0.15) is 5.56 Å². The van der Waals surface area contributed by atoms with Gasteiger partial charge in [-0.1, -0.05) is 35.9 Å². The summed E-state index contributed by atoms with van der Waals surface area (Å²) in [4.78, 5) is 12.4. The monoisotopic (exact) mass is 355 g/mol. The van der Waals surface area contributed by atoms with Crippen LogP contribution < -0.4 is 20.3 Å². The van der Waals surface area contributed by atoms with Crippen LogP contribution >= 0.6 is 11.6 Å². The number of fused-ring (bicyclic) bond motifs is 1. The Balaban J connectivity index is 1.55. The average molecular weight is 356 g/mol. The largest absolute Gasteiger partial charge is 0.454 e. The molecule has 0 spiro atoms. The number of nitrogens with zero attached hydrogens (tertiary/aromatic N) is 2. The summed E-state index contributed by atoms with van der Waals surface area (Å²) in [6.07, 6.45) is 1.55. The summed E-state index contributed by atoms with van der Waals surface area (Å²) in [6.45, 7) is 0.715. The van der Waals surface area contributed by atoms with Crippen molar-refractivity contribution in [3.63, 3.8) is 0 Å². The molecule has 25 heavy (non-hydrogen) atoms. The third kappa shape index (κ3) is 3.04. The van der Waals surface area contributed by atoms with Crippen molar-refractivity contribution in [3.05, 3.63) is 75.7 Å². The van der Waals surface area contributed by atoms with Crippen molar-refractivity contribution in [2.75, 3.05) is 12.1 Å². The predicted molar refractivity (Wildman–Crippen MR) is 94.7 cm³/mol. The minimum Gasteiger partial charge on any atom is -0.454 e. The fourth-order valence-corrected chi connectivity index (χ4v) is 2.75. The zero-order valence-electron chi connectivity index (χ0n) is 13.1. The number of anilines is 1. The van der Waals surface area contributed by atoms with E-state index in [4.69, 9.17) is 21.1 Å². The third-order valence-electron chi connectivity index (χ3n) is 3.84. The van der Waals surface area contributed by atoms with Gasteiger partial charge in [-0.05, 0) is 29.8 Å². The SMILES string of the molecule is O=c1c(Cl)c(NCc2ccc3c(c2)OCO3)cnn1-c1ccccc1. The highest BCUT2D eigenvalue weighted by atomic mass is 35.5. The number of aromatic nitrogens is 2. The summed E-state index contributed by atoms with van der Waals surface area (Å²) in [6, 6.07) is 14.8. The first-order valence-corrected chi connectivity index (χ1v) is 8.06. The maximum Gasteiger partial charge on any atom is 0.292 e. The van der Waals surface area contributed by atoms with Gasteiger partial charge in [0.05, 0.1) is 17.6 Å². The lowest BCUT2D eigenvalue weighted by atomic mass is 10.2. The molecule has 0 unspecified atom stereocenters. The van der Waals surface area contributed by atoms with E-state index in [1.165, 1.54) is 4.68 Å². The van der Waals surface area contributed by atoms with Gasteiger partial charge in [0.25, 0.3) is 5.56 Å². The summed E-state index contributed by atoms with van der Waals surface area (Å²) in [5.74, 6) is 1.44. The Kier molecular flexibility index (Phi) is 4.03. The van der Waals surface area contributed by atoms with E-state index in [9.17, 15) is 4.79 Å². The minimum absolute atomic E-state index is 0.0968. The predicted octanol–water partition coefficient (Wildman–Crippen LogP) is 3.23. The molecule has 0 saturated heterocycles. The summed E-state index contributed by atoms with van der Waals surface area (Å²) in [7, 11) is 0. The van der Waals surface area contributed by atoms with Crippen molar-refractivity contribution >= 4 is 17.3 Å². The van der Waals surface area contributed by atoms with Crippen molar-refractivity contribution in [3.8, 4) is 17.2 Å². The third-order valence-corrected chi connectivity index (χ3v) is 4.20. The molecular formula is C18H14ClN3O3. The second-order valence-corrected chi connectivity index (χ2v) is 5.84. The average Bonchev–Trinajstić information content (AvgIpc) is 3.11. The van der Waals surface area contributed by atoms with Gasteiger partial charge in [-0.25, -0.2) is 0 Å². The normalized spacial score (nSPS) is 12.2. The molecule has 2 heterocycles. The van der Waals surface area contributed by atoms with Gasteiger partial charge in [0.15, 0.2) is 11.5 Å². The van der Waals surface area contributed by atoms with Gasteiger partial charge in [0.1, 0.15) is 5.02 Å². The molecule has 4 rings (SSSR count). The number of benzene rings is 2. The maximum atomic E-state index is 12.4. The molecule has 0 aliphatic carbocycles. The molecule has 0 amide bonds. The van der Waals surface area contributed by atoms with Crippen LogP contribution in [0.4, 0.5) is 5.69 Å². The van der Waals surface area contributed by atoms with Crippen LogP contribution in [0.2, 0.25) is 5.02 Å². The van der Waals surface area contributed by atoms with Crippen LogP contribution in [0.15, 0.2) is 59.5 Å². The van der Waals surface area contributed by atoms with Crippen molar-refractivity contribution in [2.24, 2.45) is 0 Å². The lowest BCUT2D eigenvalue weighted by Crippen LogP contribution is -2.22. The molecule has 1 aliphatic heterocycles. The van der Waals surface area contributed by atoms with Gasteiger partial charge in [0, 0.05) is 6.54 Å². The van der Waals surface area contributed by atoms with Crippen molar-refractivity contribution in [1.82, 2.24) is 9.78 Å². The van der Waals surface area contributed by atoms with Gasteiger partial charge in [-0.2, -0.15) is 9.78 Å². The molecule has 0 bridgehead atoms. The number of para-hydroxylation sites is 1. The number of rotatable bonds is 4. The van der Waals surface area contributed by atoms with Gasteiger partial charge in [-0.15, -0.1) is 0 Å². The Hall–Kier alpha value is -2.99.